The van der Waals surface area contributed by atoms with Crippen LogP contribution in [-0.2, 0) is 0 Å². The summed E-state index contributed by atoms with van der Waals surface area (Å²) >= 11 is 0. The number of allylic oxidation sites excluding steroid dienone is 2. The van der Waals surface area contributed by atoms with Crippen molar-refractivity contribution in [3.05, 3.63) is 143 Å². The molecular weight excluding hydrogens is 701 g/mol. The van der Waals surface area contributed by atoms with Gasteiger partial charge in [-0.15, -0.1) is 13.2 Å². The van der Waals surface area contributed by atoms with E-state index in [1.54, 1.807) is 6.07 Å². The van der Waals surface area contributed by atoms with Crippen LogP contribution >= 0.6 is 0 Å². The molecule has 0 unspecified atom stereocenters. The van der Waals surface area contributed by atoms with E-state index in [4.69, 9.17) is 6.57 Å². The van der Waals surface area contributed by atoms with Crippen LogP contribution in [0.2, 0.25) is 0 Å². The van der Waals surface area contributed by atoms with Crippen molar-refractivity contribution in [2.24, 2.45) is 30.0 Å². The Bertz CT molecular complexity index is 3020. The van der Waals surface area contributed by atoms with Gasteiger partial charge in [0.25, 0.3) is 5.70 Å². The van der Waals surface area contributed by atoms with Crippen LogP contribution in [0.1, 0.15) is 34.2 Å². The number of rotatable bonds is 4. The summed E-state index contributed by atoms with van der Waals surface area (Å²) in [5, 5.41) is 30.2. The molecule has 53 heavy (non-hydrogen) atoms. The second-order valence-electron chi connectivity index (χ2n) is 11.1. The standard InChI is InChI=1S/C34H12F5N13O/c1-13-4-20-23(7-18(13)35)46-28(44-20)16(11-41)30-50-31(17(12-42)29-45-21-5-14(2)26(9-25(21)47-29)53-34(37,38)39)52-33(51-30)27(43-3)32-48-22-6-15(10-40)19(36)8-24(22)49-32/h4-9H,1-2H3/b28-16+,29-17-,32-27-. The Labute approximate surface area is 291 Å². The fourth-order valence-electron chi connectivity index (χ4n) is 5.12. The number of nitriles is 3. The summed E-state index contributed by atoms with van der Waals surface area (Å²) in [6.07, 6.45) is -5.00. The number of fused-ring (bicyclic) bond motifs is 3. The molecule has 14 nitrogen and oxygen atoms in total. The first-order valence-corrected chi connectivity index (χ1v) is 14.7. The zero-order valence-electron chi connectivity index (χ0n) is 26.6. The molecule has 3 aliphatic rings. The third-order valence-corrected chi connectivity index (χ3v) is 7.59. The summed E-state index contributed by atoms with van der Waals surface area (Å²) in [6, 6.07) is 12.3. The van der Waals surface area contributed by atoms with Crippen molar-refractivity contribution in [3.63, 3.8) is 0 Å². The minimum atomic E-state index is -5.00. The van der Waals surface area contributed by atoms with Gasteiger partial charge in [-0.05, 0) is 43.2 Å². The van der Waals surface area contributed by atoms with Gasteiger partial charge in [0.2, 0.25) is 0 Å². The quantitative estimate of drug-likeness (QED) is 0.176. The highest BCUT2D eigenvalue weighted by Gasteiger charge is 2.32. The molecule has 19 heteroatoms. The van der Waals surface area contributed by atoms with Crippen molar-refractivity contribution in [1.29, 1.82) is 15.8 Å². The number of ether oxygens (including phenoxy) is 1. The Morgan fingerprint density at radius 1 is 0.642 bits per heavy atom. The van der Waals surface area contributed by atoms with Gasteiger partial charge in [-0.1, -0.05) is 0 Å². The molecule has 4 aromatic rings. The van der Waals surface area contributed by atoms with E-state index in [-0.39, 0.29) is 66.3 Å². The van der Waals surface area contributed by atoms with Gasteiger partial charge in [-0.2, -0.15) is 15.8 Å². The fourth-order valence-corrected chi connectivity index (χ4v) is 5.12. The van der Waals surface area contributed by atoms with E-state index in [1.165, 1.54) is 26.0 Å². The second-order valence-corrected chi connectivity index (χ2v) is 11.1. The predicted octanol–water partition coefficient (Wildman–Crippen LogP) is 2.33. The van der Waals surface area contributed by atoms with Crippen molar-refractivity contribution in [2.75, 3.05) is 0 Å². The van der Waals surface area contributed by atoms with Crippen LogP contribution in [0.5, 0.6) is 5.75 Å². The number of hydrogen-bond donors (Lipinski definition) is 0. The molecule has 0 amide bonds. The molecule has 0 saturated carbocycles. The number of nitrogens with zero attached hydrogens (tertiary/aromatic N) is 13. The predicted molar refractivity (Wildman–Crippen MR) is 165 cm³/mol. The summed E-state index contributed by atoms with van der Waals surface area (Å²) in [7, 11) is 0. The van der Waals surface area contributed by atoms with Gasteiger partial charge in [0, 0.05) is 18.2 Å². The normalized spacial score (nSPS) is 16.2. The lowest BCUT2D eigenvalue weighted by Gasteiger charge is -2.10. The molecule has 0 aliphatic carbocycles. The van der Waals surface area contributed by atoms with Gasteiger partial charge in [0.15, 0.2) is 34.9 Å². The molecular formula is C34H12F5N13O. The van der Waals surface area contributed by atoms with Gasteiger partial charge in [-0.3, -0.25) is 0 Å². The number of aromatic nitrogens is 3. The molecule has 1 aromatic heterocycles. The highest BCUT2D eigenvalue weighted by molar-refractivity contribution is 5.80. The molecule has 3 aliphatic heterocycles. The van der Waals surface area contributed by atoms with Gasteiger partial charge < -0.3 is 4.74 Å². The van der Waals surface area contributed by atoms with E-state index in [1.807, 2.05) is 12.1 Å². The lowest BCUT2D eigenvalue weighted by Crippen LogP contribution is -2.25. The average molecular weight is 714 g/mol. The Morgan fingerprint density at radius 3 is 1.60 bits per heavy atom. The molecule has 0 atom stereocenters. The smallest absolute Gasteiger partial charge is 0.405 e. The Hall–Kier alpha value is -7.90. The summed E-state index contributed by atoms with van der Waals surface area (Å²) in [6.45, 7) is 10.8. The van der Waals surface area contributed by atoms with E-state index < -0.39 is 58.1 Å². The first-order valence-electron chi connectivity index (χ1n) is 14.7. The maximum absolute atomic E-state index is 14.4. The first-order chi connectivity index (χ1) is 25.3. The maximum Gasteiger partial charge on any atom is 0.573 e. The van der Waals surface area contributed by atoms with Gasteiger partial charge >= 0.3 is 6.36 Å². The minimum absolute atomic E-state index is 0.0128. The number of halogens is 5. The van der Waals surface area contributed by atoms with Crippen LogP contribution in [0.25, 0.3) is 21.7 Å². The van der Waals surface area contributed by atoms with E-state index >= 15 is 0 Å². The molecule has 4 heterocycles. The van der Waals surface area contributed by atoms with E-state index in [0.717, 1.165) is 24.3 Å². The molecule has 0 radical (unpaired) electrons. The van der Waals surface area contributed by atoms with Crippen molar-refractivity contribution in [3.8, 4) is 24.0 Å². The van der Waals surface area contributed by atoms with Crippen molar-refractivity contribution in [2.45, 2.75) is 20.2 Å². The van der Waals surface area contributed by atoms with Crippen molar-refractivity contribution in [1.82, 2.24) is 15.0 Å². The molecule has 3 aromatic carbocycles. The summed E-state index contributed by atoms with van der Waals surface area (Å²) < 4.78 is 71.8. The zero-order chi connectivity index (χ0) is 37.8. The molecule has 254 valence electrons. The van der Waals surface area contributed by atoms with Crippen LogP contribution in [0, 0.1) is 66.0 Å². The molecule has 0 spiro atoms. The van der Waals surface area contributed by atoms with Crippen LogP contribution in [-0.4, -0.2) is 21.3 Å². The maximum atomic E-state index is 14.4. The monoisotopic (exact) mass is 713 g/mol. The Morgan fingerprint density at radius 2 is 1.09 bits per heavy atom. The lowest BCUT2D eigenvalue weighted by molar-refractivity contribution is -0.274. The van der Waals surface area contributed by atoms with E-state index in [2.05, 4.69) is 54.5 Å². The molecule has 0 saturated heterocycles. The molecule has 0 bridgehead atoms. The van der Waals surface area contributed by atoms with Gasteiger partial charge in [0.1, 0.15) is 46.7 Å². The van der Waals surface area contributed by atoms with E-state index in [0.29, 0.717) is 0 Å². The number of alkyl halides is 3. The van der Waals surface area contributed by atoms with Gasteiger partial charge in [-0.25, -0.2) is 58.5 Å². The highest BCUT2D eigenvalue weighted by Crippen LogP contribution is 2.28. The van der Waals surface area contributed by atoms with Crippen molar-refractivity contribution >= 4 is 16.8 Å². The van der Waals surface area contributed by atoms with Crippen LogP contribution in [0.4, 0.5) is 22.0 Å². The third-order valence-electron chi connectivity index (χ3n) is 7.59. The van der Waals surface area contributed by atoms with Gasteiger partial charge in [0.05, 0.1) is 44.3 Å². The van der Waals surface area contributed by atoms with Crippen LogP contribution in [0.3, 0.4) is 0 Å². The number of hydrogen-bond acceptors (Lipinski definition) is 13. The second kappa shape index (κ2) is 12.5. The molecule has 0 N–H and O–H groups in total. The fraction of sp³-hybridized carbons (Fsp3) is 0.0882. The summed E-state index contributed by atoms with van der Waals surface area (Å²) in [4.78, 5) is 41.7. The largest absolute Gasteiger partial charge is 0.573 e. The Kier molecular flexibility index (Phi) is 7.89. The highest BCUT2D eigenvalue weighted by atomic mass is 19.4. The SMILES string of the molecule is [C-]#[N+]/C(=C1\N=c2cc(F)c(C#N)cc2=N1)c1nc(/C(C#N)=C2/N=c3cc(C)c(OC(F)(F)F)cc3=N2)nc(/C(C#N)=C2\N=c3cc(C)c(F)cc3=N2)n1. The van der Waals surface area contributed by atoms with Crippen LogP contribution in [0.15, 0.2) is 83.8 Å². The number of benzene rings is 3. The van der Waals surface area contributed by atoms with Crippen LogP contribution < -0.4 is 36.9 Å². The summed E-state index contributed by atoms with van der Waals surface area (Å²) in [5.74, 6) is -4.34. The summed E-state index contributed by atoms with van der Waals surface area (Å²) in [5.41, 5.74) is -1.30. The third kappa shape index (κ3) is 6.11. The molecule has 7 rings (SSSR count). The van der Waals surface area contributed by atoms with Crippen molar-refractivity contribution < 1.29 is 26.7 Å². The lowest BCUT2D eigenvalue weighted by atomic mass is 10.2. The first kappa shape index (κ1) is 33.6. The number of aryl methyl sites for hydroxylation is 2. The Balaban J connectivity index is 1.48. The minimum Gasteiger partial charge on any atom is -0.405 e. The molecule has 0 fully saturated rings. The van der Waals surface area contributed by atoms with E-state index in [9.17, 15) is 37.7 Å². The average Bonchev–Trinajstić information content (AvgIpc) is 3.81. The zero-order valence-corrected chi connectivity index (χ0v) is 26.6. The topological polar surface area (TPSA) is 198 Å².